The second kappa shape index (κ2) is 9.05. The van der Waals surface area contributed by atoms with Crippen LogP contribution in [-0.2, 0) is 14.4 Å². The summed E-state index contributed by atoms with van der Waals surface area (Å²) < 4.78 is 23.6. The molecule has 1 atom stereocenters. The van der Waals surface area contributed by atoms with Crippen LogP contribution in [0, 0.1) is 5.82 Å². The topological polar surface area (TPSA) is 97.0 Å². The van der Waals surface area contributed by atoms with E-state index in [2.05, 4.69) is 10.9 Å². The first-order chi connectivity index (χ1) is 13.9. The number of nitrogens with one attached hydrogen (secondary N) is 2. The smallest absolute Gasteiger partial charge is 0.279 e. The van der Waals surface area contributed by atoms with Gasteiger partial charge in [-0.25, -0.2) is 4.39 Å². The maximum Gasteiger partial charge on any atom is 0.279 e. The molecule has 0 spiro atoms. The standard InChI is InChI=1S/C20H20FN3O5/c1-13(29-15-8-6-14(21)7-9-15)20(27)23-22-18(25)10-11-24-16-4-2-3-5-17(16)28-12-19(24)26/h2-9,13H,10-12H2,1H3,(H,22,25)(H,23,27)/t13-/m1/s1. The molecular formula is C20H20FN3O5. The van der Waals surface area contributed by atoms with Crippen molar-refractivity contribution in [3.05, 3.63) is 54.3 Å². The molecule has 0 fully saturated rings. The first-order valence-corrected chi connectivity index (χ1v) is 8.97. The SMILES string of the molecule is C[C@@H](Oc1ccc(F)cc1)C(=O)NNC(=O)CCN1C(=O)COc2ccccc21. The minimum absolute atomic E-state index is 0.0203. The minimum Gasteiger partial charge on any atom is -0.482 e. The van der Waals surface area contributed by atoms with Gasteiger partial charge in [0.15, 0.2) is 12.7 Å². The molecule has 1 heterocycles. The Balaban J connectivity index is 1.45. The van der Waals surface area contributed by atoms with Gasteiger partial charge in [-0.3, -0.25) is 25.2 Å². The highest BCUT2D eigenvalue weighted by Gasteiger charge is 2.25. The zero-order chi connectivity index (χ0) is 20.8. The van der Waals surface area contributed by atoms with Crippen molar-refractivity contribution in [1.82, 2.24) is 10.9 Å². The number of fused-ring (bicyclic) bond motifs is 1. The molecule has 152 valence electrons. The van der Waals surface area contributed by atoms with E-state index in [0.717, 1.165) is 0 Å². The van der Waals surface area contributed by atoms with E-state index in [1.165, 1.54) is 36.1 Å². The van der Waals surface area contributed by atoms with Crippen LogP contribution < -0.4 is 25.2 Å². The van der Waals surface area contributed by atoms with Crippen molar-refractivity contribution in [2.24, 2.45) is 0 Å². The quantitative estimate of drug-likeness (QED) is 0.716. The Morgan fingerprint density at radius 1 is 1.17 bits per heavy atom. The van der Waals surface area contributed by atoms with Crippen LogP contribution in [0.15, 0.2) is 48.5 Å². The average molecular weight is 401 g/mol. The fraction of sp³-hybridized carbons (Fsp3) is 0.250. The van der Waals surface area contributed by atoms with Gasteiger partial charge in [-0.1, -0.05) is 12.1 Å². The Morgan fingerprint density at radius 3 is 2.66 bits per heavy atom. The molecular weight excluding hydrogens is 381 g/mol. The Hall–Kier alpha value is -3.62. The Kier molecular flexibility index (Phi) is 6.28. The molecule has 1 aliphatic rings. The molecule has 0 saturated heterocycles. The maximum atomic E-state index is 12.9. The van der Waals surface area contributed by atoms with E-state index in [1.807, 2.05) is 0 Å². The van der Waals surface area contributed by atoms with Crippen molar-refractivity contribution in [1.29, 1.82) is 0 Å². The highest BCUT2D eigenvalue weighted by atomic mass is 19.1. The number of carbonyl (C=O) groups is 3. The zero-order valence-corrected chi connectivity index (χ0v) is 15.7. The van der Waals surface area contributed by atoms with Gasteiger partial charge in [-0.2, -0.15) is 0 Å². The number of amides is 3. The largest absolute Gasteiger partial charge is 0.482 e. The number of hydrogen-bond acceptors (Lipinski definition) is 5. The number of nitrogens with zero attached hydrogens (tertiary/aromatic N) is 1. The molecule has 8 nitrogen and oxygen atoms in total. The number of para-hydroxylation sites is 2. The van der Waals surface area contributed by atoms with Gasteiger partial charge in [-0.05, 0) is 43.3 Å². The highest BCUT2D eigenvalue weighted by Crippen LogP contribution is 2.31. The fourth-order valence-corrected chi connectivity index (χ4v) is 2.68. The first kappa shape index (κ1) is 20.1. The summed E-state index contributed by atoms with van der Waals surface area (Å²) >= 11 is 0. The highest BCUT2D eigenvalue weighted by molar-refractivity contribution is 5.98. The van der Waals surface area contributed by atoms with E-state index in [1.54, 1.807) is 24.3 Å². The van der Waals surface area contributed by atoms with E-state index < -0.39 is 23.7 Å². The number of rotatable bonds is 6. The molecule has 3 rings (SSSR count). The van der Waals surface area contributed by atoms with E-state index in [9.17, 15) is 18.8 Å². The molecule has 0 bridgehead atoms. The molecule has 2 N–H and O–H groups in total. The molecule has 2 aromatic carbocycles. The van der Waals surface area contributed by atoms with Crippen molar-refractivity contribution in [3.8, 4) is 11.5 Å². The molecule has 29 heavy (non-hydrogen) atoms. The van der Waals surface area contributed by atoms with Gasteiger partial charge in [0.05, 0.1) is 5.69 Å². The molecule has 0 aromatic heterocycles. The molecule has 2 aromatic rings. The normalized spacial score (nSPS) is 13.7. The lowest BCUT2D eigenvalue weighted by atomic mass is 10.2. The molecule has 0 unspecified atom stereocenters. The number of ether oxygens (including phenoxy) is 2. The van der Waals surface area contributed by atoms with Crippen LogP contribution in [0.4, 0.5) is 10.1 Å². The summed E-state index contributed by atoms with van der Waals surface area (Å²) in [5.74, 6) is -0.804. The fourth-order valence-electron chi connectivity index (χ4n) is 2.68. The summed E-state index contributed by atoms with van der Waals surface area (Å²) in [7, 11) is 0. The zero-order valence-electron chi connectivity index (χ0n) is 15.7. The van der Waals surface area contributed by atoms with Crippen LogP contribution in [0.3, 0.4) is 0 Å². The summed E-state index contributed by atoms with van der Waals surface area (Å²) in [5.41, 5.74) is 5.15. The van der Waals surface area contributed by atoms with Crippen LogP contribution in [0.2, 0.25) is 0 Å². The lowest BCUT2D eigenvalue weighted by molar-refractivity contribution is -0.132. The number of hydrogen-bond donors (Lipinski definition) is 2. The maximum absolute atomic E-state index is 12.9. The van der Waals surface area contributed by atoms with Gasteiger partial charge in [0.25, 0.3) is 11.8 Å². The number of halogens is 1. The molecule has 1 aliphatic heterocycles. The number of anilines is 1. The monoisotopic (exact) mass is 401 g/mol. The summed E-state index contributed by atoms with van der Waals surface area (Å²) in [6, 6.07) is 12.3. The summed E-state index contributed by atoms with van der Waals surface area (Å²) in [6.07, 6.45) is -0.929. The van der Waals surface area contributed by atoms with Gasteiger partial charge in [0.1, 0.15) is 17.3 Å². The lowest BCUT2D eigenvalue weighted by Crippen LogP contribution is -2.48. The van der Waals surface area contributed by atoms with Gasteiger partial charge in [0, 0.05) is 13.0 Å². The number of benzene rings is 2. The van der Waals surface area contributed by atoms with Crippen LogP contribution in [-0.4, -0.2) is 37.0 Å². The molecule has 0 aliphatic carbocycles. The average Bonchev–Trinajstić information content (AvgIpc) is 2.72. The minimum atomic E-state index is -0.909. The lowest BCUT2D eigenvalue weighted by Gasteiger charge is -2.29. The predicted octanol–water partition coefficient (Wildman–Crippen LogP) is 1.56. The van der Waals surface area contributed by atoms with Crippen molar-refractivity contribution in [2.75, 3.05) is 18.1 Å². The van der Waals surface area contributed by atoms with Gasteiger partial charge >= 0.3 is 0 Å². The van der Waals surface area contributed by atoms with Crippen molar-refractivity contribution >= 4 is 23.4 Å². The van der Waals surface area contributed by atoms with E-state index >= 15 is 0 Å². The summed E-state index contributed by atoms with van der Waals surface area (Å²) in [4.78, 5) is 37.6. The van der Waals surface area contributed by atoms with Crippen LogP contribution >= 0.6 is 0 Å². The van der Waals surface area contributed by atoms with Crippen LogP contribution in [0.1, 0.15) is 13.3 Å². The number of carbonyl (C=O) groups excluding carboxylic acids is 3. The second-order valence-corrected chi connectivity index (χ2v) is 6.30. The molecule has 3 amide bonds. The molecule has 0 saturated carbocycles. The van der Waals surface area contributed by atoms with Crippen LogP contribution in [0.5, 0.6) is 11.5 Å². The predicted molar refractivity (Wildman–Crippen MR) is 102 cm³/mol. The van der Waals surface area contributed by atoms with Crippen LogP contribution in [0.25, 0.3) is 0 Å². The van der Waals surface area contributed by atoms with Gasteiger partial charge in [-0.15, -0.1) is 0 Å². The van der Waals surface area contributed by atoms with Gasteiger partial charge in [0.2, 0.25) is 5.91 Å². The van der Waals surface area contributed by atoms with Gasteiger partial charge < -0.3 is 14.4 Å². The van der Waals surface area contributed by atoms with Crippen molar-refractivity contribution < 1.29 is 28.2 Å². The van der Waals surface area contributed by atoms with E-state index in [-0.39, 0.29) is 25.5 Å². The Morgan fingerprint density at radius 2 is 1.90 bits per heavy atom. The number of hydrazine groups is 1. The molecule has 9 heteroatoms. The van der Waals surface area contributed by atoms with E-state index in [4.69, 9.17) is 9.47 Å². The van der Waals surface area contributed by atoms with E-state index in [0.29, 0.717) is 17.2 Å². The summed E-state index contributed by atoms with van der Waals surface area (Å²) in [6.45, 7) is 1.55. The third-order valence-corrected chi connectivity index (χ3v) is 4.19. The molecule has 0 radical (unpaired) electrons. The first-order valence-electron chi connectivity index (χ1n) is 8.97. The Labute approximate surface area is 166 Å². The van der Waals surface area contributed by atoms with Crippen molar-refractivity contribution in [2.45, 2.75) is 19.4 Å². The third-order valence-electron chi connectivity index (χ3n) is 4.19. The Bertz CT molecular complexity index is 903. The second-order valence-electron chi connectivity index (χ2n) is 6.30. The summed E-state index contributed by atoms with van der Waals surface area (Å²) in [5, 5.41) is 0. The third kappa shape index (κ3) is 5.22. The van der Waals surface area contributed by atoms with Crippen molar-refractivity contribution in [3.63, 3.8) is 0 Å².